The standard InChI is InChI=1S/C18H21N3O4S/c1-19(2)14-5-3-13(4-6-14)11-15-17(23)21(18(24)26-15)12-16(22)20-7-9-25-10-8-20/h3-6,11H,7-10,12H2,1-2H3/b15-11-. The van der Waals surface area contributed by atoms with Crippen LogP contribution in [0.3, 0.4) is 0 Å². The van der Waals surface area contributed by atoms with Gasteiger partial charge in [-0.05, 0) is 35.5 Å². The van der Waals surface area contributed by atoms with Crippen molar-refractivity contribution in [1.82, 2.24) is 9.80 Å². The number of hydrogen-bond donors (Lipinski definition) is 0. The minimum Gasteiger partial charge on any atom is -0.378 e. The Morgan fingerprint density at radius 2 is 1.85 bits per heavy atom. The van der Waals surface area contributed by atoms with Gasteiger partial charge in [0.2, 0.25) is 5.91 Å². The highest BCUT2D eigenvalue weighted by molar-refractivity contribution is 8.18. The molecule has 0 unspecified atom stereocenters. The zero-order valence-corrected chi connectivity index (χ0v) is 15.6. The second kappa shape index (κ2) is 7.92. The van der Waals surface area contributed by atoms with Gasteiger partial charge in [0, 0.05) is 32.9 Å². The Kier molecular flexibility index (Phi) is 5.63. The van der Waals surface area contributed by atoms with Crippen molar-refractivity contribution < 1.29 is 19.1 Å². The maximum atomic E-state index is 12.5. The van der Waals surface area contributed by atoms with Gasteiger partial charge in [-0.3, -0.25) is 19.3 Å². The van der Waals surface area contributed by atoms with Crippen LogP contribution in [-0.4, -0.2) is 73.8 Å². The first-order chi connectivity index (χ1) is 12.5. The molecule has 0 N–H and O–H groups in total. The lowest BCUT2D eigenvalue weighted by atomic mass is 10.2. The number of benzene rings is 1. The molecule has 8 heteroatoms. The molecule has 1 aromatic rings. The van der Waals surface area contributed by atoms with Crippen LogP contribution in [-0.2, 0) is 14.3 Å². The quantitative estimate of drug-likeness (QED) is 0.746. The summed E-state index contributed by atoms with van der Waals surface area (Å²) in [6.45, 7) is 1.72. The van der Waals surface area contributed by atoms with E-state index in [4.69, 9.17) is 4.74 Å². The Labute approximate surface area is 156 Å². The van der Waals surface area contributed by atoms with Crippen molar-refractivity contribution in [2.45, 2.75) is 0 Å². The molecular formula is C18H21N3O4S. The number of anilines is 1. The molecule has 2 fully saturated rings. The van der Waals surface area contributed by atoms with Crippen LogP contribution < -0.4 is 4.90 Å². The van der Waals surface area contributed by atoms with Gasteiger partial charge in [-0.2, -0.15) is 0 Å². The van der Waals surface area contributed by atoms with Gasteiger partial charge < -0.3 is 14.5 Å². The number of nitrogens with zero attached hydrogens (tertiary/aromatic N) is 3. The molecule has 3 rings (SSSR count). The average molecular weight is 375 g/mol. The number of carbonyl (C=O) groups excluding carboxylic acids is 3. The first kappa shape index (κ1) is 18.5. The van der Waals surface area contributed by atoms with Crippen LogP contribution in [0.25, 0.3) is 6.08 Å². The van der Waals surface area contributed by atoms with E-state index in [1.165, 1.54) is 0 Å². The molecule has 2 aliphatic heterocycles. The molecule has 0 saturated carbocycles. The first-order valence-electron chi connectivity index (χ1n) is 8.34. The van der Waals surface area contributed by atoms with Crippen molar-refractivity contribution in [1.29, 1.82) is 0 Å². The number of rotatable bonds is 4. The Morgan fingerprint density at radius 3 is 2.46 bits per heavy atom. The molecule has 0 aromatic heterocycles. The summed E-state index contributed by atoms with van der Waals surface area (Å²) in [6, 6.07) is 7.67. The number of amides is 3. The highest BCUT2D eigenvalue weighted by atomic mass is 32.2. The fourth-order valence-electron chi connectivity index (χ4n) is 2.70. The van der Waals surface area contributed by atoms with Crippen molar-refractivity contribution in [3.8, 4) is 0 Å². The lowest BCUT2D eigenvalue weighted by Gasteiger charge is -2.28. The maximum absolute atomic E-state index is 12.5. The van der Waals surface area contributed by atoms with Gasteiger partial charge in [0.1, 0.15) is 6.54 Å². The predicted molar refractivity (Wildman–Crippen MR) is 101 cm³/mol. The largest absolute Gasteiger partial charge is 0.378 e. The molecule has 3 amide bonds. The van der Waals surface area contributed by atoms with Crippen LogP contribution in [0.15, 0.2) is 29.2 Å². The van der Waals surface area contributed by atoms with E-state index in [0.29, 0.717) is 31.2 Å². The Hall–Kier alpha value is -2.32. The van der Waals surface area contributed by atoms with Crippen LogP contribution in [0.5, 0.6) is 0 Å². The van der Waals surface area contributed by atoms with Crippen LogP contribution in [0.2, 0.25) is 0 Å². The van der Waals surface area contributed by atoms with Gasteiger partial charge >= 0.3 is 0 Å². The zero-order chi connectivity index (χ0) is 18.7. The Balaban J connectivity index is 1.68. The van der Waals surface area contributed by atoms with E-state index in [0.717, 1.165) is 27.9 Å². The van der Waals surface area contributed by atoms with Gasteiger partial charge in [0.15, 0.2) is 0 Å². The van der Waals surface area contributed by atoms with Crippen LogP contribution in [0, 0.1) is 0 Å². The fraction of sp³-hybridized carbons (Fsp3) is 0.389. The van der Waals surface area contributed by atoms with Gasteiger partial charge in [0.05, 0.1) is 18.1 Å². The molecule has 26 heavy (non-hydrogen) atoms. The van der Waals surface area contributed by atoms with Gasteiger partial charge in [-0.15, -0.1) is 0 Å². The molecule has 0 aliphatic carbocycles. The summed E-state index contributed by atoms with van der Waals surface area (Å²) >= 11 is 0.868. The van der Waals surface area contributed by atoms with E-state index >= 15 is 0 Å². The summed E-state index contributed by atoms with van der Waals surface area (Å²) in [6.07, 6.45) is 1.68. The Morgan fingerprint density at radius 1 is 1.19 bits per heavy atom. The van der Waals surface area contributed by atoms with E-state index < -0.39 is 11.1 Å². The number of carbonyl (C=O) groups is 3. The number of hydrogen-bond acceptors (Lipinski definition) is 6. The molecule has 1 aromatic carbocycles. The maximum Gasteiger partial charge on any atom is 0.294 e. The molecule has 0 radical (unpaired) electrons. The van der Waals surface area contributed by atoms with Crippen molar-refractivity contribution >= 4 is 40.6 Å². The number of ether oxygens (including phenoxy) is 1. The summed E-state index contributed by atoms with van der Waals surface area (Å²) in [5, 5.41) is -0.409. The molecule has 0 atom stereocenters. The fourth-order valence-corrected chi connectivity index (χ4v) is 3.54. The van der Waals surface area contributed by atoms with E-state index in [2.05, 4.69) is 0 Å². The predicted octanol–water partition coefficient (Wildman–Crippen LogP) is 1.65. The number of thioether (sulfide) groups is 1. The molecule has 138 valence electrons. The van der Waals surface area contributed by atoms with Gasteiger partial charge in [0.25, 0.3) is 11.1 Å². The van der Waals surface area contributed by atoms with Crippen LogP contribution in [0.1, 0.15) is 5.56 Å². The van der Waals surface area contributed by atoms with E-state index in [9.17, 15) is 14.4 Å². The summed E-state index contributed by atoms with van der Waals surface area (Å²) in [4.78, 5) is 42.0. The van der Waals surface area contributed by atoms with Crippen LogP contribution >= 0.6 is 11.8 Å². The minimum absolute atomic E-state index is 0.221. The van der Waals surface area contributed by atoms with Crippen molar-refractivity contribution in [2.24, 2.45) is 0 Å². The molecule has 7 nitrogen and oxygen atoms in total. The summed E-state index contributed by atoms with van der Waals surface area (Å²) < 4.78 is 5.21. The molecular weight excluding hydrogens is 354 g/mol. The third-order valence-corrected chi connectivity index (χ3v) is 5.15. The highest BCUT2D eigenvalue weighted by Gasteiger charge is 2.37. The van der Waals surface area contributed by atoms with E-state index in [-0.39, 0.29) is 12.5 Å². The summed E-state index contributed by atoms with van der Waals surface area (Å²) in [5.74, 6) is -0.648. The molecule has 2 aliphatic rings. The average Bonchev–Trinajstić information content (AvgIpc) is 2.90. The van der Waals surface area contributed by atoms with E-state index in [1.54, 1.807) is 11.0 Å². The van der Waals surface area contributed by atoms with Crippen molar-refractivity contribution in [3.05, 3.63) is 34.7 Å². The summed E-state index contributed by atoms with van der Waals surface area (Å²) in [5.41, 5.74) is 1.88. The van der Waals surface area contributed by atoms with E-state index in [1.807, 2.05) is 43.3 Å². The van der Waals surface area contributed by atoms with Crippen molar-refractivity contribution in [3.63, 3.8) is 0 Å². The lowest BCUT2D eigenvalue weighted by molar-refractivity contribution is -0.139. The third-order valence-electron chi connectivity index (χ3n) is 4.24. The monoisotopic (exact) mass is 375 g/mol. The normalized spacial score (nSPS) is 19.4. The first-order valence-corrected chi connectivity index (χ1v) is 9.15. The molecule has 2 heterocycles. The minimum atomic E-state index is -0.418. The number of morpholine rings is 1. The lowest BCUT2D eigenvalue weighted by Crippen LogP contribution is -2.46. The highest BCUT2D eigenvalue weighted by Crippen LogP contribution is 2.32. The molecule has 0 spiro atoms. The van der Waals surface area contributed by atoms with Crippen molar-refractivity contribution in [2.75, 3.05) is 51.8 Å². The second-order valence-corrected chi connectivity index (χ2v) is 7.24. The number of imide groups is 1. The molecule has 0 bridgehead atoms. The molecule has 2 saturated heterocycles. The van der Waals surface area contributed by atoms with Crippen LogP contribution in [0.4, 0.5) is 10.5 Å². The SMILES string of the molecule is CN(C)c1ccc(/C=C2\SC(=O)N(CC(=O)N3CCOCC3)C2=O)cc1. The third kappa shape index (κ3) is 4.08. The zero-order valence-electron chi connectivity index (χ0n) is 14.8. The second-order valence-electron chi connectivity index (χ2n) is 6.25. The van der Waals surface area contributed by atoms with Gasteiger partial charge in [-0.25, -0.2) is 0 Å². The summed E-state index contributed by atoms with van der Waals surface area (Å²) in [7, 11) is 3.90. The Bertz CT molecular complexity index is 739. The van der Waals surface area contributed by atoms with Gasteiger partial charge in [-0.1, -0.05) is 12.1 Å². The topological polar surface area (TPSA) is 70.2 Å². The smallest absolute Gasteiger partial charge is 0.294 e.